The molecule has 1 aromatic carbocycles. The van der Waals surface area contributed by atoms with Gasteiger partial charge in [0.25, 0.3) is 0 Å². The molecule has 0 amide bonds. The minimum atomic E-state index is -0.537. The summed E-state index contributed by atoms with van der Waals surface area (Å²) in [4.78, 5) is 11.8. The van der Waals surface area contributed by atoms with Gasteiger partial charge in [0.05, 0.1) is 23.1 Å². The molecule has 0 atom stereocenters. The summed E-state index contributed by atoms with van der Waals surface area (Å²) >= 11 is 0. The van der Waals surface area contributed by atoms with E-state index in [1.165, 1.54) is 17.2 Å². The number of aromatic nitrogens is 4. The van der Waals surface area contributed by atoms with Crippen LogP contribution >= 0.6 is 12.4 Å². The summed E-state index contributed by atoms with van der Waals surface area (Å²) < 4.78 is 16.8. The van der Waals surface area contributed by atoms with E-state index in [0.29, 0.717) is 22.4 Å². The van der Waals surface area contributed by atoms with Crippen molar-refractivity contribution in [3.8, 4) is 17.3 Å². The molecule has 6 rings (SSSR count). The lowest BCUT2D eigenvalue weighted by Crippen LogP contribution is -2.41. The van der Waals surface area contributed by atoms with Gasteiger partial charge in [-0.1, -0.05) is 6.07 Å². The monoisotopic (exact) mass is 488 g/mol. The Labute approximate surface area is 209 Å². The average Bonchev–Trinajstić information content (AvgIpc) is 3.44. The van der Waals surface area contributed by atoms with E-state index in [1.54, 1.807) is 22.8 Å². The lowest BCUT2D eigenvalue weighted by Gasteiger charge is -2.40. The van der Waals surface area contributed by atoms with Crippen LogP contribution in [0.4, 0.5) is 10.2 Å². The Morgan fingerprint density at radius 2 is 1.86 bits per heavy atom. The zero-order valence-corrected chi connectivity index (χ0v) is 20.6. The number of anilines is 1. The minimum Gasteiger partial charge on any atom is -0.355 e. The minimum absolute atomic E-state index is 0. The highest BCUT2D eigenvalue weighted by atomic mass is 35.5. The number of halogens is 2. The topological polar surface area (TPSA) is 70.1 Å². The first-order valence-corrected chi connectivity index (χ1v) is 11.7. The molecule has 0 radical (unpaired) electrons. The molecule has 0 saturated carbocycles. The molecule has 1 fully saturated rings. The molecule has 0 N–H and O–H groups in total. The van der Waals surface area contributed by atoms with E-state index < -0.39 is 5.82 Å². The van der Waals surface area contributed by atoms with Crippen LogP contribution in [0.5, 0.6) is 0 Å². The fraction of sp³-hybridized carbons (Fsp3) is 0.333. The SMILES string of the molecule is Cc1cc2c(cn1)CC1(CCN(c3nc(C)c(-c4cccc(C#N)c4F)n4nccc34)CC1)C2.Cl. The highest BCUT2D eigenvalue weighted by molar-refractivity contribution is 5.85. The quantitative estimate of drug-likeness (QED) is 0.386. The summed E-state index contributed by atoms with van der Waals surface area (Å²) in [5.41, 5.74) is 6.74. The smallest absolute Gasteiger partial charge is 0.155 e. The van der Waals surface area contributed by atoms with Crippen molar-refractivity contribution in [3.05, 3.63) is 76.6 Å². The van der Waals surface area contributed by atoms with Gasteiger partial charge in [0.1, 0.15) is 17.4 Å². The van der Waals surface area contributed by atoms with Crippen LogP contribution in [-0.4, -0.2) is 32.7 Å². The van der Waals surface area contributed by atoms with Gasteiger partial charge in [0.2, 0.25) is 0 Å². The van der Waals surface area contributed by atoms with E-state index >= 15 is 4.39 Å². The third-order valence-corrected chi connectivity index (χ3v) is 7.55. The second kappa shape index (κ2) is 8.62. The summed E-state index contributed by atoms with van der Waals surface area (Å²) in [6, 6.07) is 11.0. The van der Waals surface area contributed by atoms with E-state index in [9.17, 15) is 5.26 Å². The Kier molecular flexibility index (Phi) is 5.72. The van der Waals surface area contributed by atoms with Gasteiger partial charge in [-0.3, -0.25) is 4.98 Å². The number of aryl methyl sites for hydroxylation is 2. The largest absolute Gasteiger partial charge is 0.355 e. The maximum Gasteiger partial charge on any atom is 0.155 e. The second-order valence-electron chi connectivity index (χ2n) is 9.71. The number of pyridine rings is 1. The molecule has 178 valence electrons. The van der Waals surface area contributed by atoms with E-state index in [2.05, 4.69) is 34.2 Å². The standard InChI is InChI=1S/C27H25FN6.ClH/c1-17-12-20-13-27(14-21(20)16-30-17)7-10-33(11-8-27)26-23-6-9-31-34(23)25(18(2)32-26)22-5-3-4-19(15-29)24(22)28;/h3-6,9,12,16H,7-8,10-11,13-14H2,1-2H3;1H. The van der Waals surface area contributed by atoms with E-state index in [0.717, 1.165) is 55.8 Å². The van der Waals surface area contributed by atoms with Gasteiger partial charge in [0, 0.05) is 30.5 Å². The van der Waals surface area contributed by atoms with Crippen LogP contribution in [0.3, 0.4) is 0 Å². The summed E-state index contributed by atoms with van der Waals surface area (Å²) in [5, 5.41) is 13.8. The lowest BCUT2D eigenvalue weighted by molar-refractivity contribution is 0.232. The Morgan fingerprint density at radius 1 is 1.09 bits per heavy atom. The highest BCUT2D eigenvalue weighted by Gasteiger charge is 2.40. The molecule has 0 bridgehead atoms. The molecular weight excluding hydrogens is 463 g/mol. The second-order valence-corrected chi connectivity index (χ2v) is 9.71. The molecule has 3 aromatic heterocycles. The van der Waals surface area contributed by atoms with Crippen molar-refractivity contribution >= 4 is 23.7 Å². The average molecular weight is 489 g/mol. The highest BCUT2D eigenvalue weighted by Crippen LogP contribution is 2.45. The van der Waals surface area contributed by atoms with Crippen LogP contribution in [-0.2, 0) is 12.8 Å². The molecule has 1 spiro atoms. The Bertz CT molecular complexity index is 1480. The van der Waals surface area contributed by atoms with E-state index in [1.807, 2.05) is 19.1 Å². The number of nitriles is 1. The number of hydrogen-bond donors (Lipinski definition) is 0. The molecular formula is C27H26ClFN6. The third kappa shape index (κ3) is 3.73. The maximum atomic E-state index is 15.0. The summed E-state index contributed by atoms with van der Waals surface area (Å²) in [5.74, 6) is 0.350. The van der Waals surface area contributed by atoms with Crippen molar-refractivity contribution in [2.45, 2.75) is 39.5 Å². The van der Waals surface area contributed by atoms with Gasteiger partial charge >= 0.3 is 0 Å². The normalized spacial score (nSPS) is 16.2. The summed E-state index contributed by atoms with van der Waals surface area (Å²) in [6.07, 6.45) is 8.22. The van der Waals surface area contributed by atoms with Gasteiger partial charge in [-0.25, -0.2) is 13.9 Å². The number of hydrogen-bond acceptors (Lipinski definition) is 5. The molecule has 35 heavy (non-hydrogen) atoms. The van der Waals surface area contributed by atoms with Crippen molar-refractivity contribution in [2.24, 2.45) is 5.41 Å². The zero-order valence-electron chi connectivity index (χ0n) is 19.8. The fourth-order valence-corrected chi connectivity index (χ4v) is 5.80. The molecule has 1 aliphatic heterocycles. The first kappa shape index (κ1) is 23.3. The first-order valence-electron chi connectivity index (χ1n) is 11.7. The lowest BCUT2D eigenvalue weighted by atomic mass is 9.76. The maximum absolute atomic E-state index is 15.0. The van der Waals surface area contributed by atoms with Crippen molar-refractivity contribution < 1.29 is 4.39 Å². The van der Waals surface area contributed by atoms with Crippen LogP contribution in [0.1, 0.15) is 40.9 Å². The van der Waals surface area contributed by atoms with Gasteiger partial charge < -0.3 is 4.90 Å². The Morgan fingerprint density at radius 3 is 2.63 bits per heavy atom. The zero-order chi connectivity index (χ0) is 23.4. The third-order valence-electron chi connectivity index (χ3n) is 7.55. The Balaban J connectivity index is 0.00000253. The van der Waals surface area contributed by atoms with Crippen molar-refractivity contribution in [2.75, 3.05) is 18.0 Å². The van der Waals surface area contributed by atoms with Gasteiger partial charge in [-0.15, -0.1) is 12.4 Å². The van der Waals surface area contributed by atoms with Crippen molar-refractivity contribution in [3.63, 3.8) is 0 Å². The number of nitrogens with zero attached hydrogens (tertiary/aromatic N) is 6. The van der Waals surface area contributed by atoms with E-state index in [-0.39, 0.29) is 18.0 Å². The van der Waals surface area contributed by atoms with Crippen LogP contribution in [0.15, 0.2) is 42.7 Å². The molecule has 0 unspecified atom stereocenters. The number of fused-ring (bicyclic) bond motifs is 2. The van der Waals surface area contributed by atoms with Crippen LogP contribution in [0.2, 0.25) is 0 Å². The first-order chi connectivity index (χ1) is 16.5. The molecule has 8 heteroatoms. The number of piperidine rings is 1. The van der Waals surface area contributed by atoms with Crippen LogP contribution in [0.25, 0.3) is 16.8 Å². The van der Waals surface area contributed by atoms with Crippen LogP contribution < -0.4 is 4.90 Å². The fourth-order valence-electron chi connectivity index (χ4n) is 5.80. The molecule has 2 aliphatic rings. The van der Waals surface area contributed by atoms with Crippen molar-refractivity contribution in [1.82, 2.24) is 19.6 Å². The number of rotatable bonds is 2. The number of benzene rings is 1. The van der Waals surface area contributed by atoms with Crippen LogP contribution in [0, 0.1) is 36.4 Å². The Hall–Kier alpha value is -3.50. The molecule has 4 heterocycles. The van der Waals surface area contributed by atoms with Gasteiger partial charge in [-0.2, -0.15) is 10.4 Å². The molecule has 6 nitrogen and oxygen atoms in total. The van der Waals surface area contributed by atoms with Gasteiger partial charge in [-0.05, 0) is 80.3 Å². The summed E-state index contributed by atoms with van der Waals surface area (Å²) in [7, 11) is 0. The van der Waals surface area contributed by atoms with Crippen molar-refractivity contribution in [1.29, 1.82) is 5.26 Å². The molecule has 4 aromatic rings. The van der Waals surface area contributed by atoms with E-state index in [4.69, 9.17) is 4.98 Å². The molecule has 1 aliphatic carbocycles. The summed E-state index contributed by atoms with van der Waals surface area (Å²) in [6.45, 7) is 5.79. The molecule has 1 saturated heterocycles. The predicted molar refractivity (Wildman–Crippen MR) is 135 cm³/mol. The predicted octanol–water partition coefficient (Wildman–Crippen LogP) is 5.23. The van der Waals surface area contributed by atoms with Gasteiger partial charge in [0.15, 0.2) is 5.82 Å².